The van der Waals surface area contributed by atoms with Crippen LogP contribution >= 0.6 is 0 Å². The van der Waals surface area contributed by atoms with Crippen molar-refractivity contribution in [2.45, 2.75) is 25.7 Å². The lowest BCUT2D eigenvalue weighted by Crippen LogP contribution is -2.33. The maximum absolute atomic E-state index is 12.4. The molecule has 5 rings (SSSR count). The van der Waals surface area contributed by atoms with Crippen LogP contribution in [0.2, 0.25) is 0 Å². The molecule has 4 aromatic rings. The minimum absolute atomic E-state index is 0.0373. The largest absolute Gasteiger partial charge is 0.545 e. The molecule has 0 aliphatic carbocycles. The van der Waals surface area contributed by atoms with Crippen LogP contribution in [-0.2, 0) is 32.7 Å². The fraction of sp³-hybridized carbons (Fsp3) is 0.179. The molecule has 8 nitrogen and oxygen atoms in total. The fourth-order valence-electron chi connectivity index (χ4n) is 4.83. The van der Waals surface area contributed by atoms with E-state index in [0.29, 0.717) is 22.3 Å². The van der Waals surface area contributed by atoms with E-state index >= 15 is 0 Å². The van der Waals surface area contributed by atoms with E-state index in [2.05, 4.69) is 0 Å². The Kier molecular flexibility index (Phi) is 5.93. The van der Waals surface area contributed by atoms with Gasteiger partial charge < -0.3 is 14.7 Å². The molecule has 0 radical (unpaired) electrons. The summed E-state index contributed by atoms with van der Waals surface area (Å²) >= 11 is 0. The Morgan fingerprint density at radius 2 is 1.53 bits per heavy atom. The molecule has 1 saturated heterocycles. The van der Waals surface area contributed by atoms with Gasteiger partial charge in [-0.05, 0) is 35.7 Å². The first-order chi connectivity index (χ1) is 17.4. The van der Waals surface area contributed by atoms with Crippen LogP contribution in [0.1, 0.15) is 35.2 Å². The molecule has 0 N–H and O–H groups in total. The molecule has 1 aliphatic rings. The molecule has 1 fully saturated rings. The predicted octanol–water partition coefficient (Wildman–Crippen LogP) is 2.39. The molecule has 2 amide bonds. The van der Waals surface area contributed by atoms with Gasteiger partial charge in [-0.15, -0.1) is 5.06 Å². The van der Waals surface area contributed by atoms with Gasteiger partial charge in [0.05, 0.1) is 28.7 Å². The van der Waals surface area contributed by atoms with Gasteiger partial charge in [0.2, 0.25) is 11.0 Å². The molecule has 0 saturated carbocycles. The van der Waals surface area contributed by atoms with E-state index < -0.39 is 23.8 Å². The fourth-order valence-corrected chi connectivity index (χ4v) is 4.83. The number of pyridine rings is 1. The Morgan fingerprint density at radius 1 is 0.889 bits per heavy atom. The van der Waals surface area contributed by atoms with Crippen molar-refractivity contribution in [2.24, 2.45) is 7.05 Å². The van der Waals surface area contributed by atoms with E-state index in [9.17, 15) is 24.3 Å². The van der Waals surface area contributed by atoms with Crippen molar-refractivity contribution in [3.63, 3.8) is 0 Å². The second-order valence-corrected chi connectivity index (χ2v) is 8.64. The lowest BCUT2D eigenvalue weighted by atomic mass is 9.92. The number of fused-ring (bicyclic) bond motifs is 2. The zero-order chi connectivity index (χ0) is 25.4. The minimum Gasteiger partial charge on any atom is -0.545 e. The third-order valence-corrected chi connectivity index (χ3v) is 6.48. The van der Waals surface area contributed by atoms with E-state index in [1.807, 2.05) is 54.1 Å². The highest BCUT2D eigenvalue weighted by atomic mass is 16.7. The number of carboxylic acids is 1. The van der Waals surface area contributed by atoms with E-state index in [-0.39, 0.29) is 24.8 Å². The molecule has 0 spiro atoms. The average molecular weight is 482 g/mol. The Hall–Kier alpha value is -4.59. The maximum Gasteiger partial charge on any atom is 0.333 e. The summed E-state index contributed by atoms with van der Waals surface area (Å²) < 4.78 is 1.96. The topological polar surface area (TPSA) is 108 Å². The van der Waals surface area contributed by atoms with Crippen molar-refractivity contribution >= 4 is 45.6 Å². The summed E-state index contributed by atoms with van der Waals surface area (Å²) in [5, 5.41) is 13.9. The molecule has 180 valence electrons. The van der Waals surface area contributed by atoms with Crippen LogP contribution in [0.15, 0.2) is 66.7 Å². The molecule has 2 heterocycles. The van der Waals surface area contributed by atoms with Crippen molar-refractivity contribution < 1.29 is 33.7 Å². The van der Waals surface area contributed by atoms with Gasteiger partial charge in [-0.3, -0.25) is 9.59 Å². The van der Waals surface area contributed by atoms with Gasteiger partial charge in [-0.1, -0.05) is 42.5 Å². The van der Waals surface area contributed by atoms with Crippen LogP contribution in [0.4, 0.5) is 0 Å². The van der Waals surface area contributed by atoms with Crippen molar-refractivity contribution in [1.82, 2.24) is 5.06 Å². The zero-order valence-corrected chi connectivity index (χ0v) is 19.5. The standard InChI is InChI=1S/C28H22N2O6/c1-29-22-12-5-4-9-20(22)26(28(34)35)21-11-6-10-19(27(21)29)18-8-3-2-7-17(18)13-16-25(33)36-30-23(31)14-15-24(30)32/h2-12H,13-16H2,1H3. The number of nitrogens with zero attached hydrogens (tertiary/aromatic N) is 2. The number of hydroxylamine groups is 2. The summed E-state index contributed by atoms with van der Waals surface area (Å²) in [5.41, 5.74) is 4.07. The number of amides is 2. The lowest BCUT2D eigenvalue weighted by Gasteiger charge is -2.15. The maximum atomic E-state index is 12.4. The SMILES string of the molecule is C[n+]1c2ccccc2c(C(=O)[O-])c2cccc(-c3ccccc3CCC(=O)ON3C(=O)CCC3=O)c21. The molecule has 0 bridgehead atoms. The Labute approximate surface area is 206 Å². The van der Waals surface area contributed by atoms with E-state index in [0.717, 1.165) is 27.7 Å². The van der Waals surface area contributed by atoms with Crippen LogP contribution in [0, 0.1) is 0 Å². The number of aromatic nitrogens is 1. The zero-order valence-electron chi connectivity index (χ0n) is 19.5. The number of rotatable bonds is 6. The van der Waals surface area contributed by atoms with Crippen LogP contribution in [-0.4, -0.2) is 28.8 Å². The second-order valence-electron chi connectivity index (χ2n) is 8.64. The summed E-state index contributed by atoms with van der Waals surface area (Å²) in [6.07, 6.45) is 0.329. The van der Waals surface area contributed by atoms with E-state index in [4.69, 9.17) is 4.84 Å². The highest BCUT2D eigenvalue weighted by molar-refractivity contribution is 6.13. The number of benzene rings is 3. The van der Waals surface area contributed by atoms with Crippen LogP contribution in [0.3, 0.4) is 0 Å². The Morgan fingerprint density at radius 3 is 2.28 bits per heavy atom. The average Bonchev–Trinajstić information content (AvgIpc) is 3.19. The van der Waals surface area contributed by atoms with E-state index in [1.54, 1.807) is 24.3 Å². The number of imide groups is 1. The van der Waals surface area contributed by atoms with Gasteiger partial charge in [0.1, 0.15) is 7.05 Å². The summed E-state index contributed by atoms with van der Waals surface area (Å²) in [7, 11) is 1.89. The first-order valence-corrected chi connectivity index (χ1v) is 11.6. The summed E-state index contributed by atoms with van der Waals surface area (Å²) in [5.74, 6) is -2.97. The smallest absolute Gasteiger partial charge is 0.333 e. The van der Waals surface area contributed by atoms with Gasteiger partial charge in [0.15, 0.2) is 0 Å². The highest BCUT2D eigenvalue weighted by Gasteiger charge is 2.32. The molecule has 0 atom stereocenters. The number of carboxylic acid groups (broad SMARTS) is 1. The normalized spacial score (nSPS) is 13.5. The summed E-state index contributed by atoms with van der Waals surface area (Å²) in [6, 6.07) is 20.3. The Balaban J connectivity index is 1.56. The molecule has 1 aliphatic heterocycles. The number of carbonyl (C=O) groups is 4. The third kappa shape index (κ3) is 3.96. The highest BCUT2D eigenvalue weighted by Crippen LogP contribution is 2.33. The quantitative estimate of drug-likeness (QED) is 0.237. The molecular weight excluding hydrogens is 460 g/mol. The minimum atomic E-state index is -1.25. The van der Waals surface area contributed by atoms with Crippen molar-refractivity contribution in [3.05, 3.63) is 77.9 Å². The molecule has 3 aromatic carbocycles. The third-order valence-electron chi connectivity index (χ3n) is 6.48. The summed E-state index contributed by atoms with van der Waals surface area (Å²) in [6.45, 7) is 0. The van der Waals surface area contributed by atoms with Crippen LogP contribution < -0.4 is 9.67 Å². The second kappa shape index (κ2) is 9.22. The number of aryl methyl sites for hydroxylation is 2. The molecule has 1 aromatic heterocycles. The molecule has 8 heteroatoms. The monoisotopic (exact) mass is 482 g/mol. The van der Waals surface area contributed by atoms with Gasteiger partial charge in [-0.25, -0.2) is 4.79 Å². The first-order valence-electron chi connectivity index (χ1n) is 11.6. The molecule has 0 unspecified atom stereocenters. The number of hydrogen-bond donors (Lipinski definition) is 0. The first kappa shape index (κ1) is 23.2. The molecule has 36 heavy (non-hydrogen) atoms. The number of aromatic carboxylic acids is 1. The summed E-state index contributed by atoms with van der Waals surface area (Å²) in [4.78, 5) is 53.1. The van der Waals surface area contributed by atoms with Crippen molar-refractivity contribution in [2.75, 3.05) is 0 Å². The number of para-hydroxylation sites is 2. The predicted molar refractivity (Wildman–Crippen MR) is 128 cm³/mol. The van der Waals surface area contributed by atoms with Crippen LogP contribution in [0.25, 0.3) is 32.9 Å². The van der Waals surface area contributed by atoms with Gasteiger partial charge in [0, 0.05) is 24.5 Å². The van der Waals surface area contributed by atoms with E-state index in [1.165, 1.54) is 0 Å². The lowest BCUT2D eigenvalue weighted by molar-refractivity contribution is -0.617. The number of carbonyl (C=O) groups excluding carboxylic acids is 4. The van der Waals surface area contributed by atoms with Crippen molar-refractivity contribution in [1.29, 1.82) is 0 Å². The Bertz CT molecular complexity index is 1560. The van der Waals surface area contributed by atoms with Crippen LogP contribution in [0.5, 0.6) is 0 Å². The molecular formula is C28H22N2O6. The van der Waals surface area contributed by atoms with Gasteiger partial charge >= 0.3 is 5.97 Å². The van der Waals surface area contributed by atoms with Gasteiger partial charge in [0.25, 0.3) is 11.8 Å². The van der Waals surface area contributed by atoms with Crippen molar-refractivity contribution in [3.8, 4) is 11.1 Å². The number of hydrogen-bond acceptors (Lipinski definition) is 6. The van der Waals surface area contributed by atoms with Gasteiger partial charge in [-0.2, -0.15) is 4.57 Å².